The van der Waals surface area contributed by atoms with E-state index in [1.54, 1.807) is 0 Å². The lowest BCUT2D eigenvalue weighted by molar-refractivity contribution is -0.268. The van der Waals surface area contributed by atoms with Crippen LogP contribution in [0.4, 0.5) is 5.69 Å². The highest BCUT2D eigenvalue weighted by Gasteiger charge is 1.93. The van der Waals surface area contributed by atoms with Crippen LogP contribution in [0, 0.1) is 0 Å². The van der Waals surface area contributed by atoms with E-state index in [2.05, 4.69) is 0 Å². The van der Waals surface area contributed by atoms with Crippen molar-refractivity contribution in [1.82, 2.24) is 0 Å². The summed E-state index contributed by atoms with van der Waals surface area (Å²) in [6, 6.07) is 5.11. The molecule has 0 radical (unpaired) electrons. The lowest BCUT2D eigenvalue weighted by Gasteiger charge is -2.09. The summed E-state index contributed by atoms with van der Waals surface area (Å²) in [4.78, 5) is 0. The molecule has 1 aromatic carbocycles. The van der Waals surface area contributed by atoms with Gasteiger partial charge in [-0.3, -0.25) is 10.4 Å². The van der Waals surface area contributed by atoms with Crippen molar-refractivity contribution in [2.75, 3.05) is 5.23 Å². The van der Waals surface area contributed by atoms with Gasteiger partial charge in [-0.25, -0.2) is 0 Å². The van der Waals surface area contributed by atoms with Gasteiger partial charge in [0.05, 0.1) is 5.69 Å². The lowest BCUT2D eigenvalue weighted by Crippen LogP contribution is -2.10. The molecule has 10 heavy (non-hydrogen) atoms. The van der Waals surface area contributed by atoms with Crippen LogP contribution in [0.2, 0.25) is 0 Å². The maximum absolute atomic E-state index is 10.5. The third-order valence-electron chi connectivity index (χ3n) is 1.07. The molecule has 0 spiro atoms. The Kier molecular flexibility index (Phi) is 1.75. The van der Waals surface area contributed by atoms with Gasteiger partial charge in [0.2, 0.25) is 0 Å². The SMILES string of the molecule is [O-]c1ccc(N(O)O)cc1. The van der Waals surface area contributed by atoms with Gasteiger partial charge in [0.1, 0.15) is 0 Å². The molecule has 0 amide bonds. The van der Waals surface area contributed by atoms with Crippen LogP contribution in [-0.4, -0.2) is 10.4 Å². The van der Waals surface area contributed by atoms with Gasteiger partial charge in [0.25, 0.3) is 0 Å². The summed E-state index contributed by atoms with van der Waals surface area (Å²) in [5.41, 5.74) is 0.166. The fraction of sp³-hybridized carbons (Fsp3) is 0. The molecule has 0 saturated carbocycles. The molecule has 4 heteroatoms. The molecule has 0 heterocycles. The van der Waals surface area contributed by atoms with Crippen LogP contribution in [0.25, 0.3) is 0 Å². The van der Waals surface area contributed by atoms with E-state index in [-0.39, 0.29) is 16.7 Å². The first-order chi connectivity index (χ1) is 4.70. The van der Waals surface area contributed by atoms with Crippen molar-refractivity contribution >= 4 is 5.69 Å². The Morgan fingerprint density at radius 2 is 1.60 bits per heavy atom. The van der Waals surface area contributed by atoms with Crippen LogP contribution in [0.1, 0.15) is 0 Å². The maximum Gasteiger partial charge on any atom is 0.0942 e. The van der Waals surface area contributed by atoms with Crippen LogP contribution < -0.4 is 10.3 Å². The van der Waals surface area contributed by atoms with Crippen molar-refractivity contribution in [1.29, 1.82) is 0 Å². The van der Waals surface area contributed by atoms with Gasteiger partial charge in [-0.05, 0) is 12.1 Å². The standard InChI is InChI=1S/C6H7NO3/c8-6-3-1-5(2-4-6)7(9)10/h1-4,8-10H/p-1. The van der Waals surface area contributed by atoms with Crippen molar-refractivity contribution in [2.45, 2.75) is 0 Å². The Bertz CT molecular complexity index is 207. The summed E-state index contributed by atoms with van der Waals surface area (Å²) >= 11 is 0. The van der Waals surface area contributed by atoms with Crippen LogP contribution in [0.15, 0.2) is 24.3 Å². The van der Waals surface area contributed by atoms with Crippen LogP contribution in [0.3, 0.4) is 0 Å². The molecular formula is C6H6NO3-. The second kappa shape index (κ2) is 2.55. The average Bonchev–Trinajstić information content (AvgIpc) is 1.88. The minimum atomic E-state index is -0.161. The van der Waals surface area contributed by atoms with Crippen molar-refractivity contribution in [2.24, 2.45) is 0 Å². The van der Waals surface area contributed by atoms with E-state index < -0.39 is 0 Å². The van der Waals surface area contributed by atoms with Gasteiger partial charge in [-0.2, -0.15) is 0 Å². The second-order valence-electron chi connectivity index (χ2n) is 1.78. The zero-order valence-electron chi connectivity index (χ0n) is 5.06. The molecule has 1 aromatic rings. The van der Waals surface area contributed by atoms with Crippen LogP contribution in [0.5, 0.6) is 5.75 Å². The number of anilines is 1. The third-order valence-corrected chi connectivity index (χ3v) is 1.07. The molecule has 0 aromatic heterocycles. The number of hydrogen-bond donors (Lipinski definition) is 2. The van der Waals surface area contributed by atoms with E-state index in [9.17, 15) is 5.11 Å². The van der Waals surface area contributed by atoms with E-state index in [0.29, 0.717) is 0 Å². The molecule has 4 nitrogen and oxygen atoms in total. The van der Waals surface area contributed by atoms with Crippen LogP contribution in [-0.2, 0) is 0 Å². The zero-order chi connectivity index (χ0) is 7.56. The fourth-order valence-electron chi connectivity index (χ4n) is 0.579. The predicted octanol–water partition coefficient (Wildman–Crippen LogP) is 0.345. The smallest absolute Gasteiger partial charge is 0.0942 e. The minimum Gasteiger partial charge on any atom is -0.872 e. The highest BCUT2D eigenvalue weighted by atomic mass is 16.8. The fourth-order valence-corrected chi connectivity index (χ4v) is 0.579. The summed E-state index contributed by atoms with van der Waals surface area (Å²) in [5, 5.41) is 27.2. The zero-order valence-corrected chi connectivity index (χ0v) is 5.06. The van der Waals surface area contributed by atoms with Crippen LogP contribution >= 0.6 is 0 Å². The van der Waals surface area contributed by atoms with Gasteiger partial charge in [-0.15, -0.1) is 11.0 Å². The first-order valence-electron chi connectivity index (χ1n) is 2.65. The molecule has 1 rings (SSSR count). The molecule has 0 aliphatic rings. The number of rotatable bonds is 1. The number of nitrogens with zero attached hydrogens (tertiary/aromatic N) is 1. The van der Waals surface area contributed by atoms with Gasteiger partial charge in [0, 0.05) is 0 Å². The summed E-state index contributed by atoms with van der Waals surface area (Å²) in [7, 11) is 0. The Morgan fingerprint density at radius 3 is 2.00 bits per heavy atom. The van der Waals surface area contributed by atoms with Crippen molar-refractivity contribution in [3.8, 4) is 5.75 Å². The first-order valence-corrected chi connectivity index (χ1v) is 2.65. The third kappa shape index (κ3) is 1.37. The number of benzene rings is 1. The van der Waals surface area contributed by atoms with Gasteiger partial charge in [0.15, 0.2) is 0 Å². The Balaban J connectivity index is 2.89. The summed E-state index contributed by atoms with van der Waals surface area (Å²) in [5.74, 6) is -0.161. The molecule has 0 fully saturated rings. The summed E-state index contributed by atoms with van der Waals surface area (Å²) < 4.78 is 0. The molecule has 2 N–H and O–H groups in total. The van der Waals surface area contributed by atoms with Gasteiger partial charge >= 0.3 is 0 Å². The predicted molar refractivity (Wildman–Crippen MR) is 31.9 cm³/mol. The lowest BCUT2D eigenvalue weighted by atomic mass is 10.3. The van der Waals surface area contributed by atoms with E-state index in [0.717, 1.165) is 0 Å². The number of hydrogen-bond acceptors (Lipinski definition) is 4. The molecule has 54 valence electrons. The molecule has 0 saturated heterocycles. The van der Waals surface area contributed by atoms with Crippen molar-refractivity contribution < 1.29 is 15.5 Å². The summed E-state index contributed by atoms with van der Waals surface area (Å²) in [6.07, 6.45) is 0. The van der Waals surface area contributed by atoms with Crippen molar-refractivity contribution in [3.05, 3.63) is 24.3 Å². The van der Waals surface area contributed by atoms with Gasteiger partial charge in [-0.1, -0.05) is 12.1 Å². The molecule has 0 bridgehead atoms. The Hall–Kier alpha value is -1.26. The van der Waals surface area contributed by atoms with E-state index in [4.69, 9.17) is 10.4 Å². The molecule has 0 unspecified atom stereocenters. The highest BCUT2D eigenvalue weighted by Crippen LogP contribution is 2.12. The Morgan fingerprint density at radius 1 is 1.10 bits per heavy atom. The minimum absolute atomic E-state index is 0.0422. The van der Waals surface area contributed by atoms with E-state index >= 15 is 0 Å². The molecule has 0 aliphatic carbocycles. The second-order valence-corrected chi connectivity index (χ2v) is 1.78. The van der Waals surface area contributed by atoms with Crippen molar-refractivity contribution in [3.63, 3.8) is 0 Å². The largest absolute Gasteiger partial charge is 0.872 e. The quantitative estimate of drug-likeness (QED) is 0.552. The highest BCUT2D eigenvalue weighted by molar-refractivity contribution is 5.43. The van der Waals surface area contributed by atoms with Gasteiger partial charge < -0.3 is 5.11 Å². The first kappa shape index (κ1) is 6.85. The molecule has 0 atom stereocenters. The Labute approximate surface area is 57.5 Å². The molecule has 0 aliphatic heterocycles. The normalized spacial score (nSPS) is 9.40. The van der Waals surface area contributed by atoms with E-state index in [1.165, 1.54) is 24.3 Å². The maximum atomic E-state index is 10.5. The topological polar surface area (TPSA) is 66.8 Å². The summed E-state index contributed by atoms with van der Waals surface area (Å²) in [6.45, 7) is 0. The average molecular weight is 140 g/mol. The molecular weight excluding hydrogens is 134 g/mol. The van der Waals surface area contributed by atoms with E-state index in [1.807, 2.05) is 0 Å². The monoisotopic (exact) mass is 140 g/mol.